The van der Waals surface area contributed by atoms with Gasteiger partial charge >= 0.3 is 0 Å². The van der Waals surface area contributed by atoms with Gasteiger partial charge in [0.1, 0.15) is 5.75 Å². The van der Waals surface area contributed by atoms with Gasteiger partial charge in [-0.25, -0.2) is 0 Å². The summed E-state index contributed by atoms with van der Waals surface area (Å²) in [6, 6.07) is 7.99. The van der Waals surface area contributed by atoms with Crippen molar-refractivity contribution in [1.82, 2.24) is 10.6 Å². The maximum absolute atomic E-state index is 10.3. The highest BCUT2D eigenvalue weighted by atomic mass is 127. The number of guanidine groups is 1. The molecule has 0 saturated heterocycles. The molecule has 1 unspecified atom stereocenters. The number of hydrogen-bond acceptors (Lipinski definition) is 3. The van der Waals surface area contributed by atoms with Gasteiger partial charge in [-0.15, -0.1) is 24.0 Å². The van der Waals surface area contributed by atoms with Crippen LogP contribution in [0.15, 0.2) is 29.3 Å². The van der Waals surface area contributed by atoms with Crippen LogP contribution in [0.2, 0.25) is 0 Å². The lowest BCUT2D eigenvalue weighted by atomic mass is 9.96. The van der Waals surface area contributed by atoms with Crippen LogP contribution in [0.1, 0.15) is 50.7 Å². The largest absolute Gasteiger partial charge is 0.497 e. The molecule has 1 saturated carbocycles. The van der Waals surface area contributed by atoms with Gasteiger partial charge in [0.25, 0.3) is 0 Å². The second-order valence-electron chi connectivity index (χ2n) is 5.99. The highest BCUT2D eigenvalue weighted by Gasteiger charge is 2.15. The average Bonchev–Trinajstić information content (AvgIpc) is 2.60. The van der Waals surface area contributed by atoms with E-state index in [1.807, 2.05) is 24.3 Å². The van der Waals surface area contributed by atoms with E-state index in [1.54, 1.807) is 7.11 Å². The van der Waals surface area contributed by atoms with Crippen molar-refractivity contribution in [2.24, 2.45) is 4.99 Å². The van der Waals surface area contributed by atoms with Crippen molar-refractivity contribution in [3.63, 3.8) is 0 Å². The second-order valence-corrected chi connectivity index (χ2v) is 5.99. The Morgan fingerprint density at radius 2 is 2.08 bits per heavy atom. The number of methoxy groups -OCH3 is 1. The molecule has 24 heavy (non-hydrogen) atoms. The number of ether oxygens (including phenoxy) is 1. The molecule has 5 nitrogen and oxygen atoms in total. The molecule has 2 rings (SSSR count). The predicted octanol–water partition coefficient (Wildman–Crippen LogP) is 3.23. The first-order valence-electron chi connectivity index (χ1n) is 8.59. The van der Waals surface area contributed by atoms with Crippen LogP contribution >= 0.6 is 24.0 Å². The summed E-state index contributed by atoms with van der Waals surface area (Å²) in [6.45, 7) is 3.19. The van der Waals surface area contributed by atoms with Crippen molar-refractivity contribution < 1.29 is 9.84 Å². The van der Waals surface area contributed by atoms with Crippen LogP contribution in [0.25, 0.3) is 0 Å². The molecule has 0 spiro atoms. The van der Waals surface area contributed by atoms with Crippen molar-refractivity contribution >= 4 is 29.9 Å². The predicted molar refractivity (Wildman–Crippen MR) is 109 cm³/mol. The normalized spacial score (nSPS) is 16.9. The van der Waals surface area contributed by atoms with Crippen LogP contribution in [0.4, 0.5) is 0 Å². The number of benzene rings is 1. The summed E-state index contributed by atoms with van der Waals surface area (Å²) in [5.41, 5.74) is 0.821. The van der Waals surface area contributed by atoms with Gasteiger partial charge in [-0.1, -0.05) is 31.4 Å². The van der Waals surface area contributed by atoms with Crippen LogP contribution < -0.4 is 15.4 Å². The molecule has 3 N–H and O–H groups in total. The number of aliphatic hydroxyl groups excluding tert-OH is 1. The summed E-state index contributed by atoms with van der Waals surface area (Å²) in [4.78, 5) is 4.54. The van der Waals surface area contributed by atoms with Gasteiger partial charge in [0.2, 0.25) is 0 Å². The molecule has 136 valence electrons. The first kappa shape index (κ1) is 21.0. The molecular weight excluding hydrogens is 417 g/mol. The van der Waals surface area contributed by atoms with Crippen LogP contribution in [-0.2, 0) is 0 Å². The van der Waals surface area contributed by atoms with Gasteiger partial charge in [-0.2, -0.15) is 0 Å². The van der Waals surface area contributed by atoms with Gasteiger partial charge in [-0.05, 0) is 37.5 Å². The smallest absolute Gasteiger partial charge is 0.191 e. The zero-order chi connectivity index (χ0) is 16.5. The van der Waals surface area contributed by atoms with E-state index in [4.69, 9.17) is 4.74 Å². The van der Waals surface area contributed by atoms with E-state index in [9.17, 15) is 5.11 Å². The quantitative estimate of drug-likeness (QED) is 0.356. The third-order valence-corrected chi connectivity index (χ3v) is 4.19. The Balaban J connectivity index is 0.00000288. The molecule has 0 aliphatic heterocycles. The number of nitrogens with zero attached hydrogens (tertiary/aromatic N) is 1. The van der Waals surface area contributed by atoms with Gasteiger partial charge in [0.05, 0.1) is 19.8 Å². The van der Waals surface area contributed by atoms with Gasteiger partial charge in [-0.3, -0.25) is 4.99 Å². The minimum atomic E-state index is -0.632. The van der Waals surface area contributed by atoms with Gasteiger partial charge < -0.3 is 20.5 Å². The van der Waals surface area contributed by atoms with E-state index in [2.05, 4.69) is 22.5 Å². The molecule has 1 atom stereocenters. The minimum Gasteiger partial charge on any atom is -0.497 e. The van der Waals surface area contributed by atoms with Crippen LogP contribution in [-0.4, -0.2) is 37.3 Å². The summed E-state index contributed by atoms with van der Waals surface area (Å²) in [5, 5.41) is 17.1. The lowest BCUT2D eigenvalue weighted by Gasteiger charge is -2.25. The zero-order valence-electron chi connectivity index (χ0n) is 14.6. The maximum atomic E-state index is 10.3. The fourth-order valence-electron chi connectivity index (χ4n) is 2.89. The molecule has 0 radical (unpaired) electrons. The van der Waals surface area contributed by atoms with Crippen molar-refractivity contribution in [2.45, 2.75) is 51.2 Å². The fourth-order valence-corrected chi connectivity index (χ4v) is 2.89. The first-order valence-corrected chi connectivity index (χ1v) is 8.59. The average molecular weight is 447 g/mol. The van der Waals surface area contributed by atoms with Crippen LogP contribution in [0.3, 0.4) is 0 Å². The standard InChI is InChI=1S/C18H29N3O2.HI/c1-3-19-18(21-15-9-5-4-6-10-15)20-13-17(22)14-8-7-11-16(12-14)23-2;/h7-8,11-12,15,17,22H,3-6,9-10,13H2,1-2H3,(H2,19,20,21);1H. The molecule has 1 aliphatic rings. The van der Waals surface area contributed by atoms with Crippen molar-refractivity contribution in [2.75, 3.05) is 20.2 Å². The Labute approximate surface area is 162 Å². The summed E-state index contributed by atoms with van der Waals surface area (Å²) in [5.74, 6) is 1.54. The summed E-state index contributed by atoms with van der Waals surface area (Å²) < 4.78 is 5.20. The Morgan fingerprint density at radius 1 is 1.33 bits per heavy atom. The molecule has 1 aromatic carbocycles. The maximum Gasteiger partial charge on any atom is 0.191 e. The van der Waals surface area contributed by atoms with E-state index < -0.39 is 6.10 Å². The lowest BCUT2D eigenvalue weighted by Crippen LogP contribution is -2.44. The molecule has 6 heteroatoms. The zero-order valence-corrected chi connectivity index (χ0v) is 17.0. The van der Waals surface area contributed by atoms with Crippen LogP contribution in [0, 0.1) is 0 Å². The lowest BCUT2D eigenvalue weighted by molar-refractivity contribution is 0.186. The molecule has 1 fully saturated rings. The number of aliphatic hydroxyl groups is 1. The third-order valence-electron chi connectivity index (χ3n) is 4.19. The highest BCUT2D eigenvalue weighted by molar-refractivity contribution is 14.0. The number of halogens is 1. The van der Waals surface area contributed by atoms with E-state index in [0.29, 0.717) is 12.6 Å². The Hall–Kier alpha value is -1.02. The molecule has 0 bridgehead atoms. The summed E-state index contributed by atoms with van der Waals surface area (Å²) >= 11 is 0. The number of nitrogens with one attached hydrogen (secondary N) is 2. The van der Waals surface area contributed by atoms with Crippen molar-refractivity contribution in [3.05, 3.63) is 29.8 Å². The molecular formula is C18H30IN3O2. The van der Waals surface area contributed by atoms with E-state index in [1.165, 1.54) is 32.1 Å². The third kappa shape index (κ3) is 6.84. The Bertz CT molecular complexity index is 505. The SMILES string of the molecule is CCNC(=NCC(O)c1cccc(OC)c1)NC1CCCCC1.I. The topological polar surface area (TPSA) is 65.9 Å². The van der Waals surface area contributed by atoms with Gasteiger partial charge in [0.15, 0.2) is 5.96 Å². The van der Waals surface area contributed by atoms with E-state index >= 15 is 0 Å². The number of rotatable bonds is 6. The molecule has 1 aliphatic carbocycles. The second kappa shape index (κ2) is 11.5. The number of aliphatic imine (C=N–C) groups is 1. The van der Waals surface area contributed by atoms with Gasteiger partial charge in [0, 0.05) is 12.6 Å². The van der Waals surface area contributed by atoms with Crippen LogP contribution in [0.5, 0.6) is 5.75 Å². The Kier molecular flexibility index (Phi) is 10.1. The molecule has 0 heterocycles. The minimum absolute atomic E-state index is 0. The molecule has 0 aromatic heterocycles. The summed E-state index contributed by atoms with van der Waals surface area (Å²) in [7, 11) is 1.63. The van der Waals surface area contributed by atoms with Crippen molar-refractivity contribution in [1.29, 1.82) is 0 Å². The monoisotopic (exact) mass is 447 g/mol. The summed E-state index contributed by atoms with van der Waals surface area (Å²) in [6.07, 6.45) is 5.66. The Morgan fingerprint density at radius 3 is 2.75 bits per heavy atom. The molecule has 0 amide bonds. The highest BCUT2D eigenvalue weighted by Crippen LogP contribution is 2.20. The number of hydrogen-bond donors (Lipinski definition) is 3. The van der Waals surface area contributed by atoms with Crippen molar-refractivity contribution in [3.8, 4) is 5.75 Å². The van der Waals surface area contributed by atoms with E-state index in [0.717, 1.165) is 23.8 Å². The molecule has 1 aromatic rings. The first-order chi connectivity index (χ1) is 11.2. The van der Waals surface area contributed by atoms with E-state index in [-0.39, 0.29) is 24.0 Å². The fraction of sp³-hybridized carbons (Fsp3) is 0.611.